The van der Waals surface area contributed by atoms with Crippen LogP contribution in [0.25, 0.3) is 6.08 Å². The van der Waals surface area contributed by atoms with Crippen molar-refractivity contribution in [3.8, 4) is 11.5 Å². The molecule has 6 heteroatoms. The van der Waals surface area contributed by atoms with Crippen molar-refractivity contribution in [2.24, 2.45) is 0 Å². The van der Waals surface area contributed by atoms with E-state index in [2.05, 4.69) is 11.8 Å². The highest BCUT2D eigenvalue weighted by atomic mass is 19.1. The fourth-order valence-corrected chi connectivity index (χ4v) is 4.35. The first-order valence-corrected chi connectivity index (χ1v) is 11.4. The quantitative estimate of drug-likeness (QED) is 0.467. The summed E-state index contributed by atoms with van der Waals surface area (Å²) in [6.07, 6.45) is 4.16. The Kier molecular flexibility index (Phi) is 6.80. The van der Waals surface area contributed by atoms with Gasteiger partial charge in [-0.3, -0.25) is 4.79 Å². The maximum atomic E-state index is 14.8. The third-order valence-corrected chi connectivity index (χ3v) is 6.13. The summed E-state index contributed by atoms with van der Waals surface area (Å²) in [7, 11) is 0. The van der Waals surface area contributed by atoms with Crippen molar-refractivity contribution in [2.45, 2.75) is 33.3 Å². The Morgan fingerprint density at radius 1 is 1.19 bits per heavy atom. The number of carbonyl (C=O) groups is 1. The zero-order chi connectivity index (χ0) is 22.7. The van der Waals surface area contributed by atoms with Crippen molar-refractivity contribution >= 4 is 17.5 Å². The lowest BCUT2D eigenvalue weighted by Gasteiger charge is -2.35. The Morgan fingerprint density at radius 3 is 2.66 bits per heavy atom. The second kappa shape index (κ2) is 9.74. The summed E-state index contributed by atoms with van der Waals surface area (Å²) in [4.78, 5) is 17.1. The number of hydrogen-bond acceptors (Lipinski definition) is 5. The van der Waals surface area contributed by atoms with Crippen LogP contribution in [0, 0.1) is 5.82 Å². The van der Waals surface area contributed by atoms with Crippen LogP contribution in [0.15, 0.2) is 36.4 Å². The SMILES string of the molecule is CCOc1cc2c(cc1C=CC(=O)c1ccc(N3CCN(CC)CC3)c(F)c1)OC(C)C2. The third kappa shape index (κ3) is 4.80. The molecule has 0 bridgehead atoms. The minimum atomic E-state index is -0.357. The fraction of sp³-hybridized carbons (Fsp3) is 0.423. The molecule has 0 amide bonds. The number of likely N-dealkylation sites (N-methyl/N-ethyl adjacent to an activating group) is 1. The zero-order valence-corrected chi connectivity index (χ0v) is 19.1. The van der Waals surface area contributed by atoms with Crippen LogP contribution in [0.4, 0.5) is 10.1 Å². The first kappa shape index (κ1) is 22.3. The summed E-state index contributed by atoms with van der Waals surface area (Å²) in [6.45, 7) is 11.1. The Bertz CT molecular complexity index is 1010. The second-order valence-corrected chi connectivity index (χ2v) is 8.35. The van der Waals surface area contributed by atoms with Gasteiger partial charge in [-0.2, -0.15) is 0 Å². The summed E-state index contributed by atoms with van der Waals surface area (Å²) >= 11 is 0. The standard InChI is InChI=1S/C26H31FN2O3/c1-4-28-10-12-29(13-11-28)23-8-6-19(15-22(23)27)24(30)9-7-20-16-26-21(14-18(3)32-26)17-25(20)31-5-2/h6-9,15-18H,4-5,10-14H2,1-3H3. The van der Waals surface area contributed by atoms with Crippen molar-refractivity contribution in [1.82, 2.24) is 4.90 Å². The van der Waals surface area contributed by atoms with Gasteiger partial charge >= 0.3 is 0 Å². The Balaban J connectivity index is 1.49. The van der Waals surface area contributed by atoms with Gasteiger partial charge in [0.25, 0.3) is 0 Å². The second-order valence-electron chi connectivity index (χ2n) is 8.35. The summed E-state index contributed by atoms with van der Waals surface area (Å²) in [5.41, 5.74) is 2.78. The van der Waals surface area contributed by atoms with E-state index >= 15 is 0 Å². The number of benzene rings is 2. The smallest absolute Gasteiger partial charge is 0.185 e. The number of ketones is 1. The molecule has 1 saturated heterocycles. The molecule has 1 atom stereocenters. The number of rotatable bonds is 7. The van der Waals surface area contributed by atoms with Crippen LogP contribution in [0.2, 0.25) is 0 Å². The summed E-state index contributed by atoms with van der Waals surface area (Å²) in [6, 6.07) is 8.65. The molecule has 0 aliphatic carbocycles. The molecule has 2 aliphatic heterocycles. The van der Waals surface area contributed by atoms with E-state index in [0.717, 1.165) is 61.8 Å². The van der Waals surface area contributed by atoms with Crippen molar-refractivity contribution in [2.75, 3.05) is 44.2 Å². The van der Waals surface area contributed by atoms with Gasteiger partial charge in [0.2, 0.25) is 0 Å². The number of carbonyl (C=O) groups excluding carboxylic acids is 1. The molecular weight excluding hydrogens is 407 g/mol. The molecule has 170 valence electrons. The molecule has 5 nitrogen and oxygen atoms in total. The summed E-state index contributed by atoms with van der Waals surface area (Å²) in [5.74, 6) is 0.944. The number of allylic oxidation sites excluding steroid dienone is 1. The largest absolute Gasteiger partial charge is 0.493 e. The number of fused-ring (bicyclic) bond motifs is 1. The van der Waals surface area contributed by atoms with Crippen LogP contribution in [0.1, 0.15) is 42.3 Å². The average molecular weight is 439 g/mol. The molecule has 1 unspecified atom stereocenters. The van der Waals surface area contributed by atoms with Crippen LogP contribution in [0.5, 0.6) is 11.5 Å². The highest BCUT2D eigenvalue weighted by Crippen LogP contribution is 2.35. The molecule has 2 aromatic rings. The molecule has 0 aromatic heterocycles. The molecule has 0 N–H and O–H groups in total. The summed E-state index contributed by atoms with van der Waals surface area (Å²) < 4.78 is 26.4. The Morgan fingerprint density at radius 2 is 1.97 bits per heavy atom. The van der Waals surface area contributed by atoms with E-state index in [1.54, 1.807) is 18.2 Å². The number of piperazine rings is 1. The fourth-order valence-electron chi connectivity index (χ4n) is 4.35. The van der Waals surface area contributed by atoms with E-state index < -0.39 is 0 Å². The van der Waals surface area contributed by atoms with Gasteiger partial charge in [0.15, 0.2) is 5.78 Å². The summed E-state index contributed by atoms with van der Waals surface area (Å²) in [5, 5.41) is 0. The predicted molar refractivity (Wildman–Crippen MR) is 125 cm³/mol. The highest BCUT2D eigenvalue weighted by molar-refractivity contribution is 6.07. The van der Waals surface area contributed by atoms with Crippen molar-refractivity contribution < 1.29 is 18.7 Å². The van der Waals surface area contributed by atoms with Gasteiger partial charge in [-0.1, -0.05) is 6.92 Å². The van der Waals surface area contributed by atoms with Crippen LogP contribution >= 0.6 is 0 Å². The van der Waals surface area contributed by atoms with Crippen LogP contribution in [0.3, 0.4) is 0 Å². The lowest BCUT2D eigenvalue weighted by Crippen LogP contribution is -2.46. The number of ether oxygens (including phenoxy) is 2. The van der Waals surface area contributed by atoms with Crippen molar-refractivity contribution in [3.63, 3.8) is 0 Å². The highest BCUT2D eigenvalue weighted by Gasteiger charge is 2.22. The first-order valence-electron chi connectivity index (χ1n) is 11.4. The van der Waals surface area contributed by atoms with Crippen molar-refractivity contribution in [1.29, 1.82) is 0 Å². The Labute approximate surface area is 189 Å². The maximum Gasteiger partial charge on any atom is 0.185 e. The van der Waals surface area contributed by atoms with Gasteiger partial charge in [0, 0.05) is 49.3 Å². The van der Waals surface area contributed by atoms with Crippen LogP contribution in [-0.4, -0.2) is 56.1 Å². The van der Waals surface area contributed by atoms with E-state index in [1.807, 2.05) is 30.9 Å². The molecule has 2 heterocycles. The number of nitrogens with zero attached hydrogens (tertiary/aromatic N) is 2. The van der Waals surface area contributed by atoms with E-state index in [4.69, 9.17) is 9.47 Å². The monoisotopic (exact) mass is 438 g/mol. The van der Waals surface area contributed by atoms with E-state index in [9.17, 15) is 9.18 Å². The van der Waals surface area contributed by atoms with E-state index in [-0.39, 0.29) is 17.7 Å². The molecule has 0 spiro atoms. The van der Waals surface area contributed by atoms with Gasteiger partial charge in [-0.05, 0) is 62.9 Å². The maximum absolute atomic E-state index is 14.8. The molecule has 1 fully saturated rings. The molecule has 0 saturated carbocycles. The van der Waals surface area contributed by atoms with Gasteiger partial charge < -0.3 is 19.3 Å². The van der Waals surface area contributed by atoms with Crippen LogP contribution < -0.4 is 14.4 Å². The van der Waals surface area contributed by atoms with Gasteiger partial charge in [-0.25, -0.2) is 4.39 Å². The molecule has 4 rings (SSSR count). The zero-order valence-electron chi connectivity index (χ0n) is 19.1. The molecule has 2 aromatic carbocycles. The van der Waals surface area contributed by atoms with Gasteiger partial charge in [-0.15, -0.1) is 0 Å². The lowest BCUT2D eigenvalue weighted by molar-refractivity contribution is 0.104. The van der Waals surface area contributed by atoms with Crippen molar-refractivity contribution in [3.05, 3.63) is 58.9 Å². The first-order chi connectivity index (χ1) is 15.5. The minimum absolute atomic E-state index is 0.131. The number of halogens is 1. The average Bonchev–Trinajstić information content (AvgIpc) is 3.16. The minimum Gasteiger partial charge on any atom is -0.493 e. The third-order valence-electron chi connectivity index (χ3n) is 6.13. The van der Waals surface area contributed by atoms with Gasteiger partial charge in [0.05, 0.1) is 12.3 Å². The van der Waals surface area contributed by atoms with Gasteiger partial charge in [0.1, 0.15) is 23.4 Å². The molecule has 2 aliphatic rings. The Hall–Kier alpha value is -2.86. The number of anilines is 1. The van der Waals surface area contributed by atoms with E-state index in [1.165, 1.54) is 12.1 Å². The number of hydrogen-bond donors (Lipinski definition) is 0. The lowest BCUT2D eigenvalue weighted by atomic mass is 10.0. The van der Waals surface area contributed by atoms with Crippen LogP contribution in [-0.2, 0) is 6.42 Å². The molecular formula is C26H31FN2O3. The molecule has 0 radical (unpaired) electrons. The van der Waals surface area contributed by atoms with E-state index in [0.29, 0.717) is 17.9 Å². The topological polar surface area (TPSA) is 42.0 Å². The predicted octanol–water partition coefficient (Wildman–Crippen LogP) is 4.59. The molecule has 32 heavy (non-hydrogen) atoms. The normalized spacial score (nSPS) is 18.6.